The molecular weight excluding hydrogens is 94.1 g/mol. The summed E-state index contributed by atoms with van der Waals surface area (Å²) < 4.78 is 0. The summed E-state index contributed by atoms with van der Waals surface area (Å²) in [5, 5.41) is 8.08. The molecule has 0 amide bonds. The van der Waals surface area contributed by atoms with Gasteiger partial charge in [-0.15, -0.1) is 0 Å². The van der Waals surface area contributed by atoms with E-state index in [1.807, 2.05) is 5.48 Å². The van der Waals surface area contributed by atoms with Crippen LogP contribution in [0.15, 0.2) is 12.4 Å². The van der Waals surface area contributed by atoms with Crippen LogP contribution in [0.4, 0.5) is 5.95 Å². The van der Waals surface area contributed by atoms with Crippen LogP contribution in [0.2, 0.25) is 0 Å². The van der Waals surface area contributed by atoms with E-state index in [2.05, 4.69) is 9.97 Å². The first-order valence-electron chi connectivity index (χ1n) is 1.83. The Morgan fingerprint density at radius 2 is 2.71 bits per heavy atom. The monoisotopic (exact) mass is 99.0 g/mol. The topological polar surface area (TPSA) is 60.9 Å². The van der Waals surface area contributed by atoms with Crippen molar-refractivity contribution >= 4 is 5.95 Å². The first-order valence-corrected chi connectivity index (χ1v) is 1.83. The zero-order valence-corrected chi connectivity index (χ0v) is 3.55. The molecule has 4 heteroatoms. The highest BCUT2D eigenvalue weighted by Gasteiger charge is 1.82. The number of rotatable bonds is 1. The second-order valence-corrected chi connectivity index (χ2v) is 1.05. The first kappa shape index (κ1) is 4.14. The number of hydrogen-bond donors (Lipinski definition) is 3. The van der Waals surface area contributed by atoms with Crippen LogP contribution in [-0.2, 0) is 0 Å². The molecule has 0 saturated heterocycles. The van der Waals surface area contributed by atoms with Gasteiger partial charge in [0.1, 0.15) is 0 Å². The zero-order valence-electron chi connectivity index (χ0n) is 3.55. The second kappa shape index (κ2) is 1.61. The molecular formula is C3H5N3O. The Kier molecular flexibility index (Phi) is 0.953. The predicted octanol–water partition coefficient (Wildman–Crippen LogP) is 0.211. The summed E-state index contributed by atoms with van der Waals surface area (Å²) in [6, 6.07) is 0. The molecule has 38 valence electrons. The summed E-state index contributed by atoms with van der Waals surface area (Å²) in [5.41, 5.74) is 1.84. The Labute approximate surface area is 40.2 Å². The van der Waals surface area contributed by atoms with Crippen molar-refractivity contribution < 1.29 is 5.21 Å². The second-order valence-electron chi connectivity index (χ2n) is 1.05. The third kappa shape index (κ3) is 0.690. The lowest BCUT2D eigenvalue weighted by Gasteiger charge is -1.84. The average molecular weight is 99.1 g/mol. The lowest BCUT2D eigenvalue weighted by atomic mass is 11.0. The molecule has 0 aliphatic heterocycles. The average Bonchev–Trinajstić information content (AvgIpc) is 2.14. The number of anilines is 1. The summed E-state index contributed by atoms with van der Waals surface area (Å²) in [5.74, 6) is 0.361. The molecule has 0 aromatic carbocycles. The van der Waals surface area contributed by atoms with Gasteiger partial charge in [0, 0.05) is 12.4 Å². The largest absolute Gasteiger partial charge is 0.329 e. The highest BCUT2D eigenvalue weighted by atomic mass is 16.5. The van der Waals surface area contributed by atoms with Crippen LogP contribution in [-0.4, -0.2) is 15.2 Å². The van der Waals surface area contributed by atoms with E-state index in [-0.39, 0.29) is 0 Å². The van der Waals surface area contributed by atoms with Crippen LogP contribution < -0.4 is 5.48 Å². The Balaban J connectivity index is 2.76. The van der Waals surface area contributed by atoms with Crippen molar-refractivity contribution in [1.82, 2.24) is 9.97 Å². The number of H-pyrrole nitrogens is 1. The molecule has 0 bridgehead atoms. The minimum atomic E-state index is 0.361. The van der Waals surface area contributed by atoms with Gasteiger partial charge in [-0.2, -0.15) is 0 Å². The Morgan fingerprint density at radius 1 is 1.86 bits per heavy atom. The van der Waals surface area contributed by atoms with Crippen molar-refractivity contribution in [2.45, 2.75) is 0 Å². The van der Waals surface area contributed by atoms with Gasteiger partial charge in [0.2, 0.25) is 5.95 Å². The Hall–Kier alpha value is -1.03. The molecule has 0 aliphatic carbocycles. The number of nitrogens with one attached hydrogen (secondary N) is 2. The van der Waals surface area contributed by atoms with Crippen LogP contribution in [0.1, 0.15) is 0 Å². The third-order valence-corrected chi connectivity index (χ3v) is 0.604. The summed E-state index contributed by atoms with van der Waals surface area (Å²) in [6.07, 6.45) is 3.15. The number of hydrogen-bond acceptors (Lipinski definition) is 3. The van der Waals surface area contributed by atoms with Gasteiger partial charge in [0.25, 0.3) is 0 Å². The summed E-state index contributed by atoms with van der Waals surface area (Å²) in [7, 11) is 0. The van der Waals surface area contributed by atoms with Gasteiger partial charge in [0.15, 0.2) is 0 Å². The van der Waals surface area contributed by atoms with Crippen LogP contribution in [0.5, 0.6) is 0 Å². The minimum absolute atomic E-state index is 0.361. The maximum atomic E-state index is 8.08. The summed E-state index contributed by atoms with van der Waals surface area (Å²) in [4.78, 5) is 6.23. The molecule has 0 spiro atoms. The van der Waals surface area contributed by atoms with Crippen molar-refractivity contribution in [3.05, 3.63) is 12.4 Å². The number of aromatic nitrogens is 2. The standard InChI is InChI=1S/C3H5N3O/c7-6-3-4-1-2-5-3/h1-2,7H,(H2,4,5,6). The highest BCUT2D eigenvalue weighted by Crippen LogP contribution is 1.89. The molecule has 0 radical (unpaired) electrons. The van der Waals surface area contributed by atoms with Crippen LogP contribution in [0.25, 0.3) is 0 Å². The van der Waals surface area contributed by atoms with Crippen LogP contribution in [0, 0.1) is 0 Å². The van der Waals surface area contributed by atoms with Gasteiger partial charge in [-0.25, -0.2) is 10.5 Å². The normalized spacial score (nSPS) is 8.71. The van der Waals surface area contributed by atoms with Crippen molar-refractivity contribution in [2.75, 3.05) is 5.48 Å². The summed E-state index contributed by atoms with van der Waals surface area (Å²) in [6.45, 7) is 0. The van der Waals surface area contributed by atoms with E-state index in [1.165, 1.54) is 0 Å². The fourth-order valence-electron chi connectivity index (χ4n) is 0.326. The molecule has 1 aromatic heterocycles. The van der Waals surface area contributed by atoms with Gasteiger partial charge in [-0.1, -0.05) is 0 Å². The lowest BCUT2D eigenvalue weighted by Crippen LogP contribution is -1.89. The van der Waals surface area contributed by atoms with Crippen molar-refractivity contribution in [2.24, 2.45) is 0 Å². The number of aromatic amines is 1. The molecule has 0 saturated carbocycles. The van der Waals surface area contributed by atoms with Gasteiger partial charge >= 0.3 is 0 Å². The van der Waals surface area contributed by atoms with E-state index in [0.717, 1.165) is 0 Å². The van der Waals surface area contributed by atoms with E-state index in [4.69, 9.17) is 5.21 Å². The van der Waals surface area contributed by atoms with Crippen LogP contribution >= 0.6 is 0 Å². The molecule has 0 unspecified atom stereocenters. The number of imidazole rings is 1. The Bertz CT molecular complexity index is 125. The quantitative estimate of drug-likeness (QED) is 0.441. The fraction of sp³-hybridized carbons (Fsp3) is 0. The fourth-order valence-corrected chi connectivity index (χ4v) is 0.326. The molecule has 1 rings (SSSR count). The van der Waals surface area contributed by atoms with E-state index >= 15 is 0 Å². The van der Waals surface area contributed by atoms with Gasteiger partial charge in [-0.05, 0) is 0 Å². The molecule has 7 heavy (non-hydrogen) atoms. The van der Waals surface area contributed by atoms with Gasteiger partial charge in [-0.3, -0.25) is 5.21 Å². The van der Waals surface area contributed by atoms with E-state index in [0.29, 0.717) is 5.95 Å². The van der Waals surface area contributed by atoms with Crippen LogP contribution in [0.3, 0.4) is 0 Å². The Morgan fingerprint density at radius 3 is 3.00 bits per heavy atom. The van der Waals surface area contributed by atoms with E-state index < -0.39 is 0 Å². The smallest absolute Gasteiger partial charge is 0.224 e. The molecule has 1 heterocycles. The SMILES string of the molecule is ONc1ncc[nH]1. The number of nitrogens with zero attached hydrogens (tertiary/aromatic N) is 1. The van der Waals surface area contributed by atoms with Crippen molar-refractivity contribution in [1.29, 1.82) is 0 Å². The third-order valence-electron chi connectivity index (χ3n) is 0.604. The first-order chi connectivity index (χ1) is 3.43. The summed E-state index contributed by atoms with van der Waals surface area (Å²) >= 11 is 0. The van der Waals surface area contributed by atoms with Gasteiger partial charge < -0.3 is 4.98 Å². The highest BCUT2D eigenvalue weighted by molar-refractivity contribution is 5.17. The molecule has 3 N–H and O–H groups in total. The maximum absolute atomic E-state index is 8.08. The van der Waals surface area contributed by atoms with Crippen molar-refractivity contribution in [3.63, 3.8) is 0 Å². The van der Waals surface area contributed by atoms with E-state index in [9.17, 15) is 0 Å². The molecule has 0 fully saturated rings. The lowest BCUT2D eigenvalue weighted by molar-refractivity contribution is 0.383. The maximum Gasteiger partial charge on any atom is 0.224 e. The van der Waals surface area contributed by atoms with E-state index in [1.54, 1.807) is 12.4 Å². The zero-order chi connectivity index (χ0) is 5.11. The van der Waals surface area contributed by atoms with Crippen molar-refractivity contribution in [3.8, 4) is 0 Å². The molecule has 0 aliphatic rings. The molecule has 1 aromatic rings. The molecule has 0 atom stereocenters. The van der Waals surface area contributed by atoms with Gasteiger partial charge in [0.05, 0.1) is 0 Å². The minimum Gasteiger partial charge on any atom is -0.329 e. The molecule has 4 nitrogen and oxygen atoms in total. The predicted molar refractivity (Wildman–Crippen MR) is 24.0 cm³/mol.